The Labute approximate surface area is 131 Å². The highest BCUT2D eigenvalue weighted by Crippen LogP contribution is 2.33. The van der Waals surface area contributed by atoms with E-state index in [-0.39, 0.29) is 24.9 Å². The van der Waals surface area contributed by atoms with Crippen LogP contribution in [0.4, 0.5) is 5.69 Å². The highest BCUT2D eigenvalue weighted by Gasteiger charge is 2.26. The van der Waals surface area contributed by atoms with Crippen LogP contribution in [0.3, 0.4) is 0 Å². The van der Waals surface area contributed by atoms with Crippen molar-refractivity contribution in [3.8, 4) is 11.5 Å². The molecule has 0 unspecified atom stereocenters. The number of ether oxygens (including phenoxy) is 2. The summed E-state index contributed by atoms with van der Waals surface area (Å²) in [6, 6.07) is 4.82. The molecule has 0 fully saturated rings. The Morgan fingerprint density at radius 3 is 2.86 bits per heavy atom. The van der Waals surface area contributed by atoms with Crippen LogP contribution in [-0.4, -0.2) is 57.8 Å². The first-order chi connectivity index (χ1) is 9.49. The topological polar surface area (TPSA) is 68.0 Å². The molecule has 1 aromatic rings. The van der Waals surface area contributed by atoms with E-state index >= 15 is 0 Å². The predicted octanol–water partition coefficient (Wildman–Crippen LogP) is 0.731. The lowest BCUT2D eigenvalue weighted by atomic mass is 10.2. The second kappa shape index (κ2) is 7.49. The molecular formula is C14H22ClN3O3. The number of anilines is 1. The summed E-state index contributed by atoms with van der Waals surface area (Å²) in [6.07, 6.45) is 0. The second-order valence-electron chi connectivity index (χ2n) is 5.10. The quantitative estimate of drug-likeness (QED) is 0.887. The van der Waals surface area contributed by atoms with E-state index in [1.165, 1.54) is 4.90 Å². The number of hydrogen-bond acceptors (Lipinski definition) is 5. The highest BCUT2D eigenvalue weighted by atomic mass is 35.5. The van der Waals surface area contributed by atoms with Gasteiger partial charge in [-0.15, -0.1) is 12.4 Å². The van der Waals surface area contributed by atoms with Gasteiger partial charge in [0, 0.05) is 19.7 Å². The summed E-state index contributed by atoms with van der Waals surface area (Å²) < 4.78 is 11.2. The molecule has 2 N–H and O–H groups in total. The fraction of sp³-hybridized carbons (Fsp3) is 0.500. The van der Waals surface area contributed by atoms with Crippen LogP contribution in [0.5, 0.6) is 11.5 Å². The minimum Gasteiger partial charge on any atom is -0.492 e. The average molecular weight is 316 g/mol. The Bertz CT molecular complexity index is 496. The molecule has 1 aliphatic rings. The van der Waals surface area contributed by atoms with Crippen molar-refractivity contribution in [2.75, 3.05) is 45.8 Å². The molecule has 0 saturated heterocycles. The van der Waals surface area contributed by atoms with Crippen LogP contribution in [0, 0.1) is 0 Å². The molecule has 0 saturated carbocycles. The maximum absolute atomic E-state index is 12.0. The van der Waals surface area contributed by atoms with Crippen molar-refractivity contribution in [3.05, 3.63) is 18.2 Å². The van der Waals surface area contributed by atoms with Gasteiger partial charge in [-0.3, -0.25) is 4.79 Å². The number of nitrogens with two attached hydrogens (primary N) is 1. The van der Waals surface area contributed by atoms with Crippen molar-refractivity contribution in [2.24, 2.45) is 5.73 Å². The van der Waals surface area contributed by atoms with Crippen LogP contribution in [0.1, 0.15) is 0 Å². The molecule has 1 heterocycles. The van der Waals surface area contributed by atoms with Gasteiger partial charge in [0.1, 0.15) is 30.8 Å². The molecule has 7 heteroatoms. The number of carbonyl (C=O) groups excluding carboxylic acids is 1. The summed E-state index contributed by atoms with van der Waals surface area (Å²) >= 11 is 0. The second-order valence-corrected chi connectivity index (χ2v) is 5.10. The summed E-state index contributed by atoms with van der Waals surface area (Å²) in [6.45, 7) is 1.61. The van der Waals surface area contributed by atoms with Gasteiger partial charge in [-0.05, 0) is 26.2 Å². The van der Waals surface area contributed by atoms with Crippen LogP contribution >= 0.6 is 12.4 Å². The third-order valence-electron chi connectivity index (χ3n) is 3.17. The SMILES string of the molecule is CN(C)CCOc1ccc2c(c1)N(C)C(=O)[C@@H](N)CO2.Cl. The largest absolute Gasteiger partial charge is 0.492 e. The van der Waals surface area contributed by atoms with Crippen LogP contribution in [0.2, 0.25) is 0 Å². The molecule has 0 spiro atoms. The number of nitrogens with zero attached hydrogens (tertiary/aromatic N) is 2. The number of carbonyl (C=O) groups is 1. The van der Waals surface area contributed by atoms with Crippen LogP contribution < -0.4 is 20.1 Å². The van der Waals surface area contributed by atoms with Crippen molar-refractivity contribution >= 4 is 24.0 Å². The van der Waals surface area contributed by atoms with E-state index in [1.54, 1.807) is 13.1 Å². The Kier molecular flexibility index (Phi) is 6.26. The predicted molar refractivity (Wildman–Crippen MR) is 84.6 cm³/mol. The number of fused-ring (bicyclic) bond motifs is 1. The van der Waals surface area contributed by atoms with Gasteiger partial charge in [0.2, 0.25) is 5.91 Å². The first-order valence-corrected chi connectivity index (χ1v) is 6.56. The maximum Gasteiger partial charge on any atom is 0.247 e. The first kappa shape index (κ1) is 17.6. The zero-order valence-electron chi connectivity index (χ0n) is 12.5. The van der Waals surface area contributed by atoms with Crippen molar-refractivity contribution < 1.29 is 14.3 Å². The summed E-state index contributed by atoms with van der Waals surface area (Å²) in [4.78, 5) is 15.6. The summed E-state index contributed by atoms with van der Waals surface area (Å²) in [5, 5.41) is 0. The van der Waals surface area contributed by atoms with E-state index in [9.17, 15) is 4.79 Å². The Hall–Kier alpha value is -1.50. The number of halogens is 1. The van der Waals surface area contributed by atoms with E-state index in [0.29, 0.717) is 23.8 Å². The maximum atomic E-state index is 12.0. The fourth-order valence-electron chi connectivity index (χ4n) is 1.94. The van der Waals surface area contributed by atoms with E-state index in [0.717, 1.165) is 6.54 Å². The van der Waals surface area contributed by atoms with Gasteiger partial charge < -0.3 is 25.0 Å². The van der Waals surface area contributed by atoms with Gasteiger partial charge in [0.25, 0.3) is 0 Å². The smallest absolute Gasteiger partial charge is 0.247 e. The number of hydrogen-bond donors (Lipinski definition) is 1. The Morgan fingerprint density at radius 2 is 2.19 bits per heavy atom. The molecule has 6 nitrogen and oxygen atoms in total. The molecule has 0 bridgehead atoms. The lowest BCUT2D eigenvalue weighted by Gasteiger charge is -2.19. The van der Waals surface area contributed by atoms with E-state index < -0.39 is 6.04 Å². The fourth-order valence-corrected chi connectivity index (χ4v) is 1.94. The molecule has 1 atom stereocenters. The Balaban J connectivity index is 0.00000220. The standard InChI is InChI=1S/C14H21N3O3.ClH/c1-16(2)6-7-19-10-4-5-13-12(8-10)17(3)14(18)11(15)9-20-13;/h4-5,8,11H,6-7,9,15H2,1-3H3;1H/t11-;/m0./s1. The summed E-state index contributed by atoms with van der Waals surface area (Å²) in [7, 11) is 5.67. The molecule has 0 aromatic heterocycles. The third kappa shape index (κ3) is 4.23. The van der Waals surface area contributed by atoms with Crippen LogP contribution in [0.25, 0.3) is 0 Å². The van der Waals surface area contributed by atoms with E-state index in [1.807, 2.05) is 31.1 Å². The van der Waals surface area contributed by atoms with Gasteiger partial charge in [0.05, 0.1) is 5.69 Å². The average Bonchev–Trinajstić information content (AvgIpc) is 2.52. The molecule has 2 rings (SSSR count). The molecule has 21 heavy (non-hydrogen) atoms. The van der Waals surface area contributed by atoms with Crippen molar-refractivity contribution in [1.82, 2.24) is 4.90 Å². The summed E-state index contributed by atoms with van der Waals surface area (Å²) in [5.74, 6) is 1.20. The van der Waals surface area contributed by atoms with E-state index in [2.05, 4.69) is 0 Å². The zero-order valence-corrected chi connectivity index (χ0v) is 13.4. The molecule has 1 amide bonds. The Morgan fingerprint density at radius 1 is 1.48 bits per heavy atom. The van der Waals surface area contributed by atoms with Crippen molar-refractivity contribution in [2.45, 2.75) is 6.04 Å². The lowest BCUT2D eigenvalue weighted by molar-refractivity contribution is -0.119. The van der Waals surface area contributed by atoms with Gasteiger partial charge in [-0.25, -0.2) is 0 Å². The molecule has 0 aliphatic carbocycles. The number of rotatable bonds is 4. The van der Waals surface area contributed by atoms with Gasteiger partial charge in [-0.2, -0.15) is 0 Å². The van der Waals surface area contributed by atoms with Gasteiger partial charge >= 0.3 is 0 Å². The number of amides is 1. The van der Waals surface area contributed by atoms with Crippen LogP contribution in [0.15, 0.2) is 18.2 Å². The van der Waals surface area contributed by atoms with E-state index in [4.69, 9.17) is 15.2 Å². The third-order valence-corrected chi connectivity index (χ3v) is 3.17. The molecule has 0 radical (unpaired) electrons. The lowest BCUT2D eigenvalue weighted by Crippen LogP contribution is -2.43. The molecule has 1 aliphatic heterocycles. The van der Waals surface area contributed by atoms with Crippen LogP contribution in [-0.2, 0) is 4.79 Å². The van der Waals surface area contributed by atoms with Gasteiger partial charge in [-0.1, -0.05) is 0 Å². The number of benzene rings is 1. The molecule has 1 aromatic carbocycles. The van der Waals surface area contributed by atoms with Crippen molar-refractivity contribution in [3.63, 3.8) is 0 Å². The number of likely N-dealkylation sites (N-methyl/N-ethyl adjacent to an activating group) is 2. The monoisotopic (exact) mass is 315 g/mol. The molecular weight excluding hydrogens is 294 g/mol. The minimum atomic E-state index is -0.634. The zero-order chi connectivity index (χ0) is 14.7. The van der Waals surface area contributed by atoms with Crippen molar-refractivity contribution in [1.29, 1.82) is 0 Å². The normalized spacial score (nSPS) is 17.7. The molecule has 118 valence electrons. The summed E-state index contributed by atoms with van der Waals surface area (Å²) in [5.41, 5.74) is 6.43. The highest BCUT2D eigenvalue weighted by molar-refractivity contribution is 5.98. The first-order valence-electron chi connectivity index (χ1n) is 6.56. The minimum absolute atomic E-state index is 0. The van der Waals surface area contributed by atoms with Gasteiger partial charge in [0.15, 0.2) is 0 Å².